The van der Waals surface area contributed by atoms with Crippen LogP contribution in [0, 0.1) is 0 Å². The standard InChI is InChI=1S/C29H44S/c1-25(2)14-11-16-27(4)18-13-20-28(5)19-12-17-26(3)15-9-7-6-8-10-21-29-22-23-30-24-29/h6,8,14-15,18-19,22-24H,7,9-13,16-17,20-21H2,1-5H3. The molecule has 0 saturated heterocycles. The molecule has 30 heavy (non-hydrogen) atoms. The highest BCUT2D eigenvalue weighted by molar-refractivity contribution is 7.07. The van der Waals surface area contributed by atoms with Gasteiger partial charge in [0.05, 0.1) is 0 Å². The topological polar surface area (TPSA) is 0 Å². The van der Waals surface area contributed by atoms with Crippen molar-refractivity contribution in [3.63, 3.8) is 0 Å². The van der Waals surface area contributed by atoms with Crippen LogP contribution < -0.4 is 0 Å². The van der Waals surface area contributed by atoms with Crippen molar-refractivity contribution >= 4 is 11.3 Å². The van der Waals surface area contributed by atoms with Gasteiger partial charge in [-0.1, -0.05) is 58.7 Å². The Balaban J connectivity index is 2.12. The van der Waals surface area contributed by atoms with E-state index >= 15 is 0 Å². The van der Waals surface area contributed by atoms with Crippen molar-refractivity contribution in [3.8, 4) is 0 Å². The molecule has 0 amide bonds. The fourth-order valence-electron chi connectivity index (χ4n) is 3.33. The molecule has 0 saturated carbocycles. The largest absolute Gasteiger partial charge is 0.152 e. The van der Waals surface area contributed by atoms with Gasteiger partial charge in [-0.2, -0.15) is 11.3 Å². The minimum atomic E-state index is 1.16. The van der Waals surface area contributed by atoms with E-state index in [9.17, 15) is 0 Å². The summed E-state index contributed by atoms with van der Waals surface area (Å²) in [5, 5.41) is 4.41. The first kappa shape index (κ1) is 26.4. The lowest BCUT2D eigenvalue weighted by molar-refractivity contribution is 0.894. The van der Waals surface area contributed by atoms with Crippen LogP contribution in [0.3, 0.4) is 0 Å². The maximum atomic E-state index is 2.44. The van der Waals surface area contributed by atoms with Gasteiger partial charge in [-0.05, 0) is 121 Å². The zero-order valence-electron chi connectivity index (χ0n) is 20.2. The second kappa shape index (κ2) is 17.1. The van der Waals surface area contributed by atoms with Crippen LogP contribution >= 0.6 is 11.3 Å². The van der Waals surface area contributed by atoms with Gasteiger partial charge in [-0.15, -0.1) is 0 Å². The summed E-state index contributed by atoms with van der Waals surface area (Å²) >= 11 is 1.79. The van der Waals surface area contributed by atoms with Crippen LogP contribution in [0.5, 0.6) is 0 Å². The fraction of sp³-hybridized carbons (Fsp3) is 0.517. The highest BCUT2D eigenvalue weighted by Gasteiger charge is 1.94. The monoisotopic (exact) mass is 424 g/mol. The third kappa shape index (κ3) is 15.3. The molecule has 0 aliphatic rings. The molecule has 0 atom stereocenters. The number of unbranched alkanes of at least 4 members (excludes halogenated alkanes) is 1. The van der Waals surface area contributed by atoms with Crippen LogP contribution in [-0.4, -0.2) is 0 Å². The fourth-order valence-corrected chi connectivity index (χ4v) is 4.04. The summed E-state index contributed by atoms with van der Waals surface area (Å²) in [6, 6.07) is 2.23. The van der Waals surface area contributed by atoms with Crippen LogP contribution in [0.1, 0.15) is 98.0 Å². The Kier molecular flexibility index (Phi) is 15.1. The summed E-state index contributed by atoms with van der Waals surface area (Å²) < 4.78 is 0. The lowest BCUT2D eigenvalue weighted by Gasteiger charge is -2.02. The van der Waals surface area contributed by atoms with Crippen molar-refractivity contribution in [2.45, 2.75) is 98.8 Å². The Morgan fingerprint density at radius 3 is 1.73 bits per heavy atom. The van der Waals surface area contributed by atoms with Crippen molar-refractivity contribution in [3.05, 3.63) is 81.1 Å². The van der Waals surface area contributed by atoms with E-state index in [1.807, 2.05) is 0 Å². The van der Waals surface area contributed by atoms with E-state index in [0.717, 1.165) is 12.8 Å². The molecule has 1 heterocycles. The highest BCUT2D eigenvalue weighted by Crippen LogP contribution is 2.14. The Bertz CT molecular complexity index is 704. The zero-order valence-corrected chi connectivity index (χ0v) is 21.0. The first-order chi connectivity index (χ1) is 14.5. The third-order valence-electron chi connectivity index (χ3n) is 5.33. The lowest BCUT2D eigenvalue weighted by Crippen LogP contribution is -1.82. The minimum absolute atomic E-state index is 1.16. The first-order valence-corrected chi connectivity index (χ1v) is 12.7. The lowest BCUT2D eigenvalue weighted by atomic mass is 10.0. The van der Waals surface area contributed by atoms with Gasteiger partial charge in [0.15, 0.2) is 0 Å². The number of allylic oxidation sites excluding steroid dienone is 10. The second-order valence-electron chi connectivity index (χ2n) is 8.77. The molecule has 0 spiro atoms. The Labute approximate surface area is 191 Å². The molecule has 0 aromatic carbocycles. The molecule has 166 valence electrons. The van der Waals surface area contributed by atoms with Gasteiger partial charge in [0.25, 0.3) is 0 Å². The van der Waals surface area contributed by atoms with Gasteiger partial charge in [0, 0.05) is 0 Å². The Hall–Kier alpha value is -1.60. The van der Waals surface area contributed by atoms with Crippen LogP contribution in [-0.2, 0) is 6.42 Å². The molecule has 1 aromatic heterocycles. The maximum absolute atomic E-state index is 2.44. The molecule has 0 bridgehead atoms. The molecule has 0 unspecified atom stereocenters. The predicted molar refractivity (Wildman–Crippen MR) is 139 cm³/mol. The number of thiophene rings is 1. The molecule has 1 rings (SSSR count). The van der Waals surface area contributed by atoms with Gasteiger partial charge in [0.1, 0.15) is 0 Å². The molecular formula is C29H44S. The summed E-state index contributed by atoms with van der Waals surface area (Å²) in [5.41, 5.74) is 7.48. The van der Waals surface area contributed by atoms with Gasteiger partial charge < -0.3 is 0 Å². The van der Waals surface area contributed by atoms with Crippen molar-refractivity contribution in [1.29, 1.82) is 0 Å². The van der Waals surface area contributed by atoms with Crippen LogP contribution in [0.4, 0.5) is 0 Å². The average Bonchev–Trinajstić information content (AvgIpc) is 3.20. The summed E-state index contributed by atoms with van der Waals surface area (Å²) in [6.45, 7) is 11.2. The van der Waals surface area contributed by atoms with Crippen LogP contribution in [0.2, 0.25) is 0 Å². The van der Waals surface area contributed by atoms with Gasteiger partial charge in [0.2, 0.25) is 0 Å². The molecule has 0 N–H and O–H groups in total. The van der Waals surface area contributed by atoms with Crippen LogP contribution in [0.15, 0.2) is 75.6 Å². The SMILES string of the molecule is CC(C)=CCCC(C)=CCCC(C)=CCCC(C)=CCCC=CCCc1ccsc1. The molecule has 1 heteroatoms. The molecule has 0 aliphatic heterocycles. The van der Waals surface area contributed by atoms with E-state index in [1.165, 1.54) is 79.2 Å². The Morgan fingerprint density at radius 1 is 0.667 bits per heavy atom. The van der Waals surface area contributed by atoms with E-state index in [2.05, 4.69) is 87.9 Å². The second-order valence-corrected chi connectivity index (χ2v) is 9.55. The molecule has 0 fully saturated rings. The smallest absolute Gasteiger partial charge is 0.00611 e. The zero-order chi connectivity index (χ0) is 22.0. The number of hydrogen-bond acceptors (Lipinski definition) is 1. The molecule has 0 radical (unpaired) electrons. The highest BCUT2D eigenvalue weighted by atomic mass is 32.1. The van der Waals surface area contributed by atoms with Gasteiger partial charge in [-0.25, -0.2) is 0 Å². The number of rotatable bonds is 15. The van der Waals surface area contributed by atoms with Crippen LogP contribution in [0.25, 0.3) is 0 Å². The first-order valence-electron chi connectivity index (χ1n) is 11.7. The predicted octanol–water partition coefficient (Wildman–Crippen LogP) is 10.2. The van der Waals surface area contributed by atoms with E-state index < -0.39 is 0 Å². The maximum Gasteiger partial charge on any atom is -0.00611 e. The normalized spacial score (nSPS) is 13.3. The molecule has 0 aliphatic carbocycles. The Morgan fingerprint density at radius 2 is 1.20 bits per heavy atom. The van der Waals surface area contributed by atoms with E-state index in [4.69, 9.17) is 0 Å². The minimum Gasteiger partial charge on any atom is -0.152 e. The third-order valence-corrected chi connectivity index (χ3v) is 6.06. The van der Waals surface area contributed by atoms with Crippen molar-refractivity contribution in [1.82, 2.24) is 0 Å². The van der Waals surface area contributed by atoms with Crippen molar-refractivity contribution in [2.75, 3.05) is 0 Å². The molecular weight excluding hydrogens is 380 g/mol. The molecule has 0 nitrogen and oxygen atoms in total. The van der Waals surface area contributed by atoms with Gasteiger partial charge >= 0.3 is 0 Å². The summed E-state index contributed by atoms with van der Waals surface area (Å²) in [5.74, 6) is 0. The van der Waals surface area contributed by atoms with Crippen molar-refractivity contribution < 1.29 is 0 Å². The average molecular weight is 425 g/mol. The summed E-state index contributed by atoms with van der Waals surface area (Å²) in [7, 11) is 0. The summed E-state index contributed by atoms with van der Waals surface area (Å²) in [4.78, 5) is 0. The summed E-state index contributed by atoms with van der Waals surface area (Å²) in [6.07, 6.45) is 26.1. The molecule has 1 aromatic rings. The number of aryl methyl sites for hydroxylation is 1. The van der Waals surface area contributed by atoms with E-state index in [-0.39, 0.29) is 0 Å². The van der Waals surface area contributed by atoms with E-state index in [0.29, 0.717) is 0 Å². The number of hydrogen-bond donors (Lipinski definition) is 0. The van der Waals surface area contributed by atoms with Crippen molar-refractivity contribution in [2.24, 2.45) is 0 Å². The van der Waals surface area contributed by atoms with Gasteiger partial charge in [-0.3, -0.25) is 0 Å². The van der Waals surface area contributed by atoms with E-state index in [1.54, 1.807) is 11.3 Å². The quantitative estimate of drug-likeness (QED) is 0.194.